The molecule has 1 unspecified atom stereocenters. The van der Waals surface area contributed by atoms with E-state index in [1.165, 1.54) is 12.1 Å². The SMILES string of the molecule is CCOC(=O)C(N)C(=O)Nc1c(C)cccc1F. The molecule has 1 aromatic rings. The van der Waals surface area contributed by atoms with Crippen LogP contribution < -0.4 is 11.1 Å². The molecule has 0 aliphatic carbocycles. The van der Waals surface area contributed by atoms with Gasteiger partial charge in [0.2, 0.25) is 0 Å². The summed E-state index contributed by atoms with van der Waals surface area (Å²) in [5.41, 5.74) is 5.94. The summed E-state index contributed by atoms with van der Waals surface area (Å²) in [6.07, 6.45) is 0. The molecule has 6 heteroatoms. The monoisotopic (exact) mass is 254 g/mol. The third-order valence-electron chi connectivity index (χ3n) is 2.29. The second kappa shape index (κ2) is 6.11. The van der Waals surface area contributed by atoms with E-state index < -0.39 is 23.7 Å². The largest absolute Gasteiger partial charge is 0.464 e. The normalized spacial score (nSPS) is 11.8. The fourth-order valence-electron chi connectivity index (χ4n) is 1.33. The fourth-order valence-corrected chi connectivity index (χ4v) is 1.33. The van der Waals surface area contributed by atoms with E-state index in [1.54, 1.807) is 19.9 Å². The highest BCUT2D eigenvalue weighted by Crippen LogP contribution is 2.18. The number of nitrogens with one attached hydrogen (secondary N) is 1. The first-order valence-corrected chi connectivity index (χ1v) is 5.45. The number of nitrogens with two attached hydrogens (primary N) is 1. The van der Waals surface area contributed by atoms with Gasteiger partial charge in [-0.3, -0.25) is 4.79 Å². The molecule has 1 amide bonds. The number of ether oxygens (including phenoxy) is 1. The van der Waals surface area contributed by atoms with Gasteiger partial charge in [0.1, 0.15) is 5.82 Å². The Bertz CT molecular complexity index is 442. The summed E-state index contributed by atoms with van der Waals surface area (Å²) in [5.74, 6) is -2.23. The van der Waals surface area contributed by atoms with E-state index in [2.05, 4.69) is 10.1 Å². The smallest absolute Gasteiger partial charge is 0.332 e. The molecule has 0 saturated carbocycles. The van der Waals surface area contributed by atoms with Crippen molar-refractivity contribution in [1.29, 1.82) is 0 Å². The Kier molecular flexibility index (Phi) is 4.79. The van der Waals surface area contributed by atoms with Crippen molar-refractivity contribution in [3.05, 3.63) is 29.6 Å². The minimum absolute atomic E-state index is 0.0160. The Labute approximate surface area is 104 Å². The van der Waals surface area contributed by atoms with Gasteiger partial charge in [0.15, 0.2) is 6.04 Å². The Hall–Kier alpha value is -1.95. The van der Waals surface area contributed by atoms with Crippen molar-refractivity contribution < 1.29 is 18.7 Å². The first kappa shape index (κ1) is 14.1. The summed E-state index contributed by atoms with van der Waals surface area (Å²) in [7, 11) is 0. The molecule has 0 fully saturated rings. The van der Waals surface area contributed by atoms with Crippen LogP contribution in [0.25, 0.3) is 0 Å². The number of hydrogen-bond acceptors (Lipinski definition) is 4. The third kappa shape index (κ3) is 3.27. The highest BCUT2D eigenvalue weighted by atomic mass is 19.1. The van der Waals surface area contributed by atoms with Crippen LogP contribution in [0.1, 0.15) is 12.5 Å². The van der Waals surface area contributed by atoms with Gasteiger partial charge in [0, 0.05) is 0 Å². The molecule has 0 saturated heterocycles. The first-order valence-electron chi connectivity index (χ1n) is 5.45. The van der Waals surface area contributed by atoms with E-state index in [0.29, 0.717) is 5.56 Å². The fraction of sp³-hybridized carbons (Fsp3) is 0.333. The molecule has 1 aromatic carbocycles. The van der Waals surface area contributed by atoms with Crippen LogP contribution in [0.15, 0.2) is 18.2 Å². The van der Waals surface area contributed by atoms with Gasteiger partial charge in [-0.1, -0.05) is 12.1 Å². The van der Waals surface area contributed by atoms with Crippen molar-refractivity contribution in [1.82, 2.24) is 0 Å². The summed E-state index contributed by atoms with van der Waals surface area (Å²) >= 11 is 0. The number of esters is 1. The number of amides is 1. The van der Waals surface area contributed by atoms with Gasteiger partial charge in [-0.2, -0.15) is 0 Å². The van der Waals surface area contributed by atoms with Crippen LogP contribution >= 0.6 is 0 Å². The van der Waals surface area contributed by atoms with Gasteiger partial charge in [-0.15, -0.1) is 0 Å². The maximum absolute atomic E-state index is 13.5. The zero-order valence-corrected chi connectivity index (χ0v) is 10.2. The second-order valence-electron chi connectivity index (χ2n) is 3.65. The number of rotatable bonds is 4. The van der Waals surface area contributed by atoms with Crippen molar-refractivity contribution >= 4 is 17.6 Å². The summed E-state index contributed by atoms with van der Waals surface area (Å²) in [6.45, 7) is 3.36. The van der Waals surface area contributed by atoms with Gasteiger partial charge in [0.05, 0.1) is 12.3 Å². The molecule has 0 bridgehead atoms. The highest BCUT2D eigenvalue weighted by Gasteiger charge is 2.24. The van der Waals surface area contributed by atoms with Gasteiger partial charge in [-0.25, -0.2) is 9.18 Å². The maximum atomic E-state index is 13.5. The molecule has 3 N–H and O–H groups in total. The maximum Gasteiger partial charge on any atom is 0.332 e. The summed E-state index contributed by atoms with van der Waals surface area (Å²) in [6, 6.07) is 2.89. The van der Waals surface area contributed by atoms with Gasteiger partial charge in [0.25, 0.3) is 5.91 Å². The van der Waals surface area contributed by atoms with Gasteiger partial charge < -0.3 is 15.8 Å². The van der Waals surface area contributed by atoms with Crippen LogP contribution in [0.2, 0.25) is 0 Å². The van der Waals surface area contributed by atoms with Crippen molar-refractivity contribution in [2.24, 2.45) is 5.73 Å². The number of anilines is 1. The van der Waals surface area contributed by atoms with Crippen molar-refractivity contribution in [3.63, 3.8) is 0 Å². The lowest BCUT2D eigenvalue weighted by Crippen LogP contribution is -2.43. The van der Waals surface area contributed by atoms with Crippen LogP contribution in [0, 0.1) is 12.7 Å². The highest BCUT2D eigenvalue weighted by molar-refractivity contribution is 6.08. The Balaban J connectivity index is 2.79. The van der Waals surface area contributed by atoms with Crippen molar-refractivity contribution in [2.75, 3.05) is 11.9 Å². The Morgan fingerprint density at radius 2 is 2.17 bits per heavy atom. The minimum Gasteiger partial charge on any atom is -0.464 e. The molecule has 18 heavy (non-hydrogen) atoms. The number of aryl methyl sites for hydroxylation is 1. The van der Waals surface area contributed by atoms with Crippen molar-refractivity contribution in [3.8, 4) is 0 Å². The van der Waals surface area contributed by atoms with E-state index in [4.69, 9.17) is 5.73 Å². The third-order valence-corrected chi connectivity index (χ3v) is 2.29. The standard InChI is InChI=1S/C12H15FN2O3/c1-3-18-12(17)9(14)11(16)15-10-7(2)5-4-6-8(10)13/h4-6,9H,3,14H2,1-2H3,(H,15,16). The molecule has 0 radical (unpaired) electrons. The van der Waals surface area contributed by atoms with E-state index in [1.807, 2.05) is 0 Å². The molecule has 5 nitrogen and oxygen atoms in total. The average molecular weight is 254 g/mol. The van der Waals surface area contributed by atoms with Crippen LogP contribution in [-0.2, 0) is 14.3 Å². The van der Waals surface area contributed by atoms with Crippen LogP contribution in [-0.4, -0.2) is 24.5 Å². The second-order valence-corrected chi connectivity index (χ2v) is 3.65. The first-order chi connectivity index (χ1) is 8.47. The zero-order valence-electron chi connectivity index (χ0n) is 10.2. The Morgan fingerprint density at radius 3 is 2.72 bits per heavy atom. The number of carbonyl (C=O) groups excluding carboxylic acids is 2. The summed E-state index contributed by atoms with van der Waals surface area (Å²) in [5, 5.41) is 2.28. The molecule has 98 valence electrons. The molecule has 0 heterocycles. The molecule has 0 spiro atoms. The number of benzene rings is 1. The van der Waals surface area contributed by atoms with Crippen molar-refractivity contribution in [2.45, 2.75) is 19.9 Å². The van der Waals surface area contributed by atoms with E-state index in [-0.39, 0.29) is 12.3 Å². The molecular weight excluding hydrogens is 239 g/mol. The predicted molar refractivity (Wildman–Crippen MR) is 64.4 cm³/mol. The topological polar surface area (TPSA) is 81.4 Å². The van der Waals surface area contributed by atoms with Crippen LogP contribution in [0.4, 0.5) is 10.1 Å². The summed E-state index contributed by atoms with van der Waals surface area (Å²) in [4.78, 5) is 22.9. The Morgan fingerprint density at radius 1 is 1.50 bits per heavy atom. The van der Waals surface area contributed by atoms with E-state index in [9.17, 15) is 14.0 Å². The molecule has 0 aliphatic rings. The molecule has 1 atom stereocenters. The van der Waals surface area contributed by atoms with Crippen LogP contribution in [0.5, 0.6) is 0 Å². The molecule has 1 rings (SSSR count). The number of hydrogen-bond donors (Lipinski definition) is 2. The van der Waals surface area contributed by atoms with E-state index in [0.717, 1.165) is 0 Å². The lowest BCUT2D eigenvalue weighted by molar-refractivity contribution is -0.146. The zero-order chi connectivity index (χ0) is 13.7. The lowest BCUT2D eigenvalue weighted by Gasteiger charge is -2.13. The summed E-state index contributed by atoms with van der Waals surface area (Å²) < 4.78 is 18.1. The van der Waals surface area contributed by atoms with Gasteiger partial charge >= 0.3 is 5.97 Å². The van der Waals surface area contributed by atoms with E-state index >= 15 is 0 Å². The average Bonchev–Trinajstić information content (AvgIpc) is 2.33. The number of halogens is 1. The lowest BCUT2D eigenvalue weighted by atomic mass is 10.2. The quantitative estimate of drug-likeness (QED) is 0.619. The minimum atomic E-state index is -1.47. The number of carbonyl (C=O) groups is 2. The molecular formula is C12H15FN2O3. The van der Waals surface area contributed by atoms with Gasteiger partial charge in [-0.05, 0) is 25.5 Å². The number of para-hydroxylation sites is 1. The van der Waals surface area contributed by atoms with Crippen LogP contribution in [0.3, 0.4) is 0 Å². The molecule has 0 aromatic heterocycles. The molecule has 0 aliphatic heterocycles. The predicted octanol–water partition coefficient (Wildman–Crippen LogP) is 0.963.